The van der Waals surface area contributed by atoms with E-state index in [4.69, 9.17) is 4.42 Å². The van der Waals surface area contributed by atoms with Gasteiger partial charge in [0, 0.05) is 10.3 Å². The predicted molar refractivity (Wildman–Crippen MR) is 113 cm³/mol. The number of hydrogen-bond acceptors (Lipinski definition) is 4. The summed E-state index contributed by atoms with van der Waals surface area (Å²) in [5.74, 6) is 0.692. The third kappa shape index (κ3) is 4.16. The highest BCUT2D eigenvalue weighted by Gasteiger charge is 2.18. The fourth-order valence-electron chi connectivity index (χ4n) is 3.26. The number of amides is 1. The van der Waals surface area contributed by atoms with Crippen LogP contribution in [0.15, 0.2) is 82.6 Å². The highest BCUT2D eigenvalue weighted by molar-refractivity contribution is 7.10. The molecule has 2 heterocycles. The summed E-state index contributed by atoms with van der Waals surface area (Å²) >= 11 is 1.68. The molecule has 0 aliphatic carbocycles. The zero-order valence-corrected chi connectivity index (χ0v) is 16.4. The van der Waals surface area contributed by atoms with Gasteiger partial charge in [-0.05, 0) is 36.1 Å². The van der Waals surface area contributed by atoms with Crippen LogP contribution in [0.3, 0.4) is 0 Å². The molecule has 0 fully saturated rings. The van der Waals surface area contributed by atoms with Gasteiger partial charge in [0.25, 0.3) is 0 Å². The van der Waals surface area contributed by atoms with Crippen LogP contribution in [-0.2, 0) is 4.79 Å². The summed E-state index contributed by atoms with van der Waals surface area (Å²) in [6, 6.07) is 23.9. The lowest BCUT2D eigenvalue weighted by Gasteiger charge is -2.19. The first kappa shape index (κ1) is 18.5. The Hall–Kier alpha value is -2.89. The Morgan fingerprint density at radius 3 is 2.57 bits per heavy atom. The molecule has 0 radical (unpaired) electrons. The van der Waals surface area contributed by atoms with Gasteiger partial charge in [0.1, 0.15) is 11.3 Å². The van der Waals surface area contributed by atoms with E-state index in [1.165, 1.54) is 4.88 Å². The van der Waals surface area contributed by atoms with Crippen molar-refractivity contribution in [3.63, 3.8) is 0 Å². The van der Waals surface area contributed by atoms with E-state index >= 15 is 0 Å². The highest BCUT2D eigenvalue weighted by Crippen LogP contribution is 2.26. The van der Waals surface area contributed by atoms with Crippen molar-refractivity contribution in [3.05, 3.63) is 94.4 Å². The number of rotatable bonds is 7. The fraction of sp³-hybridized carbons (Fsp3) is 0.174. The number of thiophene rings is 1. The van der Waals surface area contributed by atoms with Crippen molar-refractivity contribution >= 4 is 28.2 Å². The van der Waals surface area contributed by atoms with Crippen LogP contribution in [0.1, 0.15) is 35.2 Å². The zero-order valence-electron chi connectivity index (χ0n) is 15.6. The van der Waals surface area contributed by atoms with E-state index in [0.717, 1.165) is 22.3 Å². The maximum absolute atomic E-state index is 12.5. The van der Waals surface area contributed by atoms with Crippen molar-refractivity contribution in [2.75, 3.05) is 6.54 Å². The summed E-state index contributed by atoms with van der Waals surface area (Å²) in [6.45, 7) is 2.16. The van der Waals surface area contributed by atoms with E-state index in [2.05, 4.69) is 34.2 Å². The number of nitrogens with one attached hydrogen (secondary N) is 2. The topological polar surface area (TPSA) is 54.3 Å². The zero-order chi connectivity index (χ0) is 19.3. The molecular formula is C23H22N2O2S. The lowest BCUT2D eigenvalue weighted by atomic mass is 10.1. The second-order valence-electron chi connectivity index (χ2n) is 6.72. The van der Waals surface area contributed by atoms with Gasteiger partial charge in [-0.2, -0.15) is 0 Å². The van der Waals surface area contributed by atoms with Crippen LogP contribution in [0.5, 0.6) is 0 Å². The summed E-state index contributed by atoms with van der Waals surface area (Å²) in [7, 11) is 0. The van der Waals surface area contributed by atoms with Gasteiger partial charge in [0.15, 0.2) is 0 Å². The van der Waals surface area contributed by atoms with Crippen LogP contribution in [0, 0.1) is 0 Å². The summed E-state index contributed by atoms with van der Waals surface area (Å²) in [5.41, 5.74) is 1.97. The molecule has 4 rings (SSSR count). The molecule has 4 aromatic rings. The van der Waals surface area contributed by atoms with Crippen molar-refractivity contribution in [1.29, 1.82) is 0 Å². The maximum Gasteiger partial charge on any atom is 0.234 e. The van der Waals surface area contributed by atoms with Crippen molar-refractivity contribution in [2.24, 2.45) is 0 Å². The van der Waals surface area contributed by atoms with E-state index in [0.29, 0.717) is 0 Å². The molecule has 5 heteroatoms. The van der Waals surface area contributed by atoms with Gasteiger partial charge in [-0.15, -0.1) is 11.3 Å². The molecule has 142 valence electrons. The summed E-state index contributed by atoms with van der Waals surface area (Å²) < 4.78 is 5.85. The van der Waals surface area contributed by atoms with Gasteiger partial charge in [-0.3, -0.25) is 10.1 Å². The van der Waals surface area contributed by atoms with Gasteiger partial charge in [0.05, 0.1) is 18.6 Å². The third-order valence-electron chi connectivity index (χ3n) is 4.68. The number of para-hydroxylation sites is 1. The monoisotopic (exact) mass is 390 g/mol. The van der Waals surface area contributed by atoms with E-state index < -0.39 is 0 Å². The highest BCUT2D eigenvalue weighted by atomic mass is 32.1. The first-order valence-corrected chi connectivity index (χ1v) is 10.2. The smallest absolute Gasteiger partial charge is 0.234 e. The van der Waals surface area contributed by atoms with E-state index in [-0.39, 0.29) is 24.5 Å². The molecule has 4 nitrogen and oxygen atoms in total. The lowest BCUT2D eigenvalue weighted by molar-refractivity contribution is -0.121. The van der Waals surface area contributed by atoms with Gasteiger partial charge in [0.2, 0.25) is 5.91 Å². The quantitative estimate of drug-likeness (QED) is 0.464. The molecule has 1 amide bonds. The number of hydrogen-bond donors (Lipinski definition) is 2. The minimum absolute atomic E-state index is 0.00606. The third-order valence-corrected chi connectivity index (χ3v) is 5.61. The van der Waals surface area contributed by atoms with Crippen LogP contribution in [0.4, 0.5) is 0 Å². The molecule has 0 unspecified atom stereocenters. The summed E-state index contributed by atoms with van der Waals surface area (Å²) in [5, 5.41) is 9.50. The Bertz CT molecular complexity index is 1010. The largest absolute Gasteiger partial charge is 0.459 e. The van der Waals surface area contributed by atoms with Crippen molar-refractivity contribution < 1.29 is 9.21 Å². The number of carbonyl (C=O) groups is 1. The second kappa shape index (κ2) is 8.42. The number of benzene rings is 2. The normalized spacial score (nSPS) is 13.3. The SMILES string of the molecule is C[C@@H](NC(=O)CN[C@@H](c1ccccc1)c1cccs1)c1cc2ccccc2o1. The van der Waals surface area contributed by atoms with Crippen LogP contribution >= 0.6 is 11.3 Å². The average Bonchev–Trinajstić information content (AvgIpc) is 3.39. The van der Waals surface area contributed by atoms with Crippen LogP contribution in [0.25, 0.3) is 11.0 Å². The van der Waals surface area contributed by atoms with Crippen LogP contribution in [0.2, 0.25) is 0 Å². The molecule has 2 aromatic carbocycles. The number of furan rings is 1. The fourth-order valence-corrected chi connectivity index (χ4v) is 4.08. The molecule has 2 N–H and O–H groups in total. The molecule has 0 aliphatic heterocycles. The molecule has 0 bridgehead atoms. The van der Waals surface area contributed by atoms with Crippen LogP contribution in [-0.4, -0.2) is 12.5 Å². The maximum atomic E-state index is 12.5. The van der Waals surface area contributed by atoms with E-state index in [9.17, 15) is 4.79 Å². The van der Waals surface area contributed by atoms with Crippen LogP contribution < -0.4 is 10.6 Å². The van der Waals surface area contributed by atoms with E-state index in [1.807, 2.05) is 61.5 Å². The standard InChI is InChI=1S/C23H22N2O2S/c1-16(20-14-18-10-5-6-11-19(18)27-20)25-22(26)15-24-23(21-12-7-13-28-21)17-8-3-2-4-9-17/h2-14,16,23-24H,15H2,1H3,(H,25,26)/t16-,23+/m1/s1. The molecule has 2 atom stereocenters. The Morgan fingerprint density at radius 2 is 1.82 bits per heavy atom. The van der Waals surface area contributed by atoms with E-state index in [1.54, 1.807) is 11.3 Å². The average molecular weight is 391 g/mol. The summed E-state index contributed by atoms with van der Waals surface area (Å²) in [6.07, 6.45) is 0. The van der Waals surface area contributed by atoms with Gasteiger partial charge < -0.3 is 9.73 Å². The molecule has 0 spiro atoms. The number of fused-ring (bicyclic) bond motifs is 1. The lowest BCUT2D eigenvalue weighted by Crippen LogP contribution is -2.37. The summed E-state index contributed by atoms with van der Waals surface area (Å²) in [4.78, 5) is 13.7. The van der Waals surface area contributed by atoms with Crippen molar-refractivity contribution in [2.45, 2.75) is 19.0 Å². The number of carbonyl (C=O) groups excluding carboxylic acids is 1. The first-order chi connectivity index (χ1) is 13.7. The minimum Gasteiger partial charge on any atom is -0.459 e. The second-order valence-corrected chi connectivity index (χ2v) is 7.70. The molecule has 0 saturated carbocycles. The Kier molecular flexibility index (Phi) is 5.55. The van der Waals surface area contributed by atoms with Crippen molar-refractivity contribution in [3.8, 4) is 0 Å². The predicted octanol–water partition coefficient (Wildman–Crippen LogP) is 5.05. The van der Waals surface area contributed by atoms with Gasteiger partial charge in [-0.25, -0.2) is 0 Å². The van der Waals surface area contributed by atoms with Gasteiger partial charge >= 0.3 is 0 Å². The molecule has 2 aromatic heterocycles. The Labute approximate surface area is 168 Å². The minimum atomic E-state index is -0.196. The molecule has 28 heavy (non-hydrogen) atoms. The first-order valence-electron chi connectivity index (χ1n) is 9.30. The molecule has 0 saturated heterocycles. The Balaban J connectivity index is 1.41. The van der Waals surface area contributed by atoms with Gasteiger partial charge in [-0.1, -0.05) is 54.6 Å². The Morgan fingerprint density at radius 1 is 1.04 bits per heavy atom. The van der Waals surface area contributed by atoms with Crippen molar-refractivity contribution in [1.82, 2.24) is 10.6 Å². The molecular weight excluding hydrogens is 368 g/mol. The molecule has 0 aliphatic rings.